The van der Waals surface area contributed by atoms with Gasteiger partial charge in [-0.2, -0.15) is 0 Å². The number of likely N-dealkylation sites (tertiary alicyclic amines) is 1. The van der Waals surface area contributed by atoms with Gasteiger partial charge in [-0.15, -0.1) is 13.2 Å². The van der Waals surface area contributed by atoms with Gasteiger partial charge < -0.3 is 15.8 Å². The number of carbonyl (C=O) groups is 2. The third-order valence-electron chi connectivity index (χ3n) is 5.53. The zero-order chi connectivity index (χ0) is 20.8. The van der Waals surface area contributed by atoms with E-state index in [0.717, 1.165) is 18.6 Å². The number of ether oxygens (including phenoxy) is 1. The minimum Gasteiger partial charge on any atom is -0.406 e. The van der Waals surface area contributed by atoms with Gasteiger partial charge in [0.25, 0.3) is 0 Å². The van der Waals surface area contributed by atoms with Gasteiger partial charge in [-0.3, -0.25) is 19.5 Å². The monoisotopic (exact) mass is 408 g/mol. The first-order chi connectivity index (χ1) is 13.7. The van der Waals surface area contributed by atoms with Crippen LogP contribution in [0.15, 0.2) is 41.4 Å². The molecule has 1 aromatic carbocycles. The van der Waals surface area contributed by atoms with Gasteiger partial charge in [-0.25, -0.2) is 0 Å². The fraction of sp³-hybridized carbons (Fsp3) is 0.421. The van der Waals surface area contributed by atoms with Gasteiger partial charge in [0.2, 0.25) is 11.8 Å². The summed E-state index contributed by atoms with van der Waals surface area (Å²) in [7, 11) is 0. The molecule has 3 aliphatic rings. The molecule has 2 aliphatic carbocycles. The number of hydrogen-bond donors (Lipinski definition) is 2. The van der Waals surface area contributed by atoms with Gasteiger partial charge in [0.15, 0.2) is 5.96 Å². The smallest absolute Gasteiger partial charge is 0.406 e. The Hall–Kier alpha value is -3.04. The molecule has 4 unspecified atom stereocenters. The van der Waals surface area contributed by atoms with Crippen molar-refractivity contribution in [3.8, 4) is 5.75 Å². The van der Waals surface area contributed by atoms with Crippen LogP contribution in [-0.2, 0) is 9.59 Å². The van der Waals surface area contributed by atoms with E-state index >= 15 is 0 Å². The lowest BCUT2D eigenvalue weighted by molar-refractivity contribution is -0.274. The van der Waals surface area contributed by atoms with E-state index in [0.29, 0.717) is 5.69 Å². The van der Waals surface area contributed by atoms with E-state index in [1.165, 1.54) is 17.0 Å². The number of anilines is 1. The van der Waals surface area contributed by atoms with Crippen molar-refractivity contribution in [1.29, 1.82) is 0 Å². The zero-order valence-electron chi connectivity index (χ0n) is 15.2. The molecule has 2 amide bonds. The lowest BCUT2D eigenvalue weighted by Gasteiger charge is -2.16. The van der Waals surface area contributed by atoms with Crippen LogP contribution in [0.2, 0.25) is 0 Å². The lowest BCUT2D eigenvalue weighted by atomic mass is 9.85. The molecule has 2 fully saturated rings. The van der Waals surface area contributed by atoms with Crippen LogP contribution in [0.3, 0.4) is 0 Å². The average molecular weight is 408 g/mol. The molecule has 4 rings (SSSR count). The first-order valence-electron chi connectivity index (χ1n) is 9.19. The number of alkyl halides is 3. The van der Waals surface area contributed by atoms with Crippen LogP contribution in [0, 0.1) is 23.7 Å². The molecule has 0 spiro atoms. The Morgan fingerprint density at radius 2 is 1.72 bits per heavy atom. The zero-order valence-corrected chi connectivity index (χ0v) is 15.2. The highest BCUT2D eigenvalue weighted by Crippen LogP contribution is 2.52. The van der Waals surface area contributed by atoms with Crippen molar-refractivity contribution in [3.63, 3.8) is 0 Å². The number of imide groups is 1. The molecule has 0 aromatic heterocycles. The molecule has 1 aliphatic heterocycles. The van der Waals surface area contributed by atoms with Crippen LogP contribution < -0.4 is 15.8 Å². The fourth-order valence-electron chi connectivity index (χ4n) is 4.38. The first kappa shape index (κ1) is 19.3. The number of guanidine groups is 1. The molecule has 1 aromatic rings. The van der Waals surface area contributed by atoms with Gasteiger partial charge in [0.05, 0.1) is 18.4 Å². The number of hydrogen-bond acceptors (Lipinski definition) is 4. The Bertz CT molecular complexity index is 852. The number of rotatable bonds is 5. The summed E-state index contributed by atoms with van der Waals surface area (Å²) in [5.41, 5.74) is 6.20. The molecular weight excluding hydrogens is 389 g/mol. The second-order valence-corrected chi connectivity index (χ2v) is 7.29. The number of halogens is 3. The van der Waals surface area contributed by atoms with E-state index in [1.807, 2.05) is 12.2 Å². The fourth-order valence-corrected chi connectivity index (χ4v) is 4.38. The quantitative estimate of drug-likeness (QED) is 0.337. The summed E-state index contributed by atoms with van der Waals surface area (Å²) in [5.74, 6) is -0.771. The predicted octanol–water partition coefficient (Wildman–Crippen LogP) is 2.12. The largest absolute Gasteiger partial charge is 0.573 e. The molecule has 29 heavy (non-hydrogen) atoms. The van der Waals surface area contributed by atoms with E-state index in [4.69, 9.17) is 5.73 Å². The molecule has 3 N–H and O–H groups in total. The van der Waals surface area contributed by atoms with E-state index in [1.54, 1.807) is 0 Å². The molecular formula is C19H19F3N4O3. The maximum absolute atomic E-state index is 12.6. The molecule has 154 valence electrons. The van der Waals surface area contributed by atoms with Gasteiger partial charge in [0.1, 0.15) is 5.75 Å². The number of fused-ring (bicyclic) bond motifs is 5. The molecule has 1 saturated heterocycles. The molecule has 1 heterocycles. The second kappa shape index (κ2) is 7.09. The van der Waals surface area contributed by atoms with Crippen LogP contribution in [0.25, 0.3) is 0 Å². The van der Waals surface area contributed by atoms with Crippen molar-refractivity contribution in [2.75, 3.05) is 18.4 Å². The summed E-state index contributed by atoms with van der Waals surface area (Å²) in [6.45, 7) is 0.276. The van der Waals surface area contributed by atoms with Crippen LogP contribution >= 0.6 is 0 Å². The number of nitrogens with one attached hydrogen (secondary N) is 1. The Kier molecular flexibility index (Phi) is 4.71. The Balaban J connectivity index is 1.30. The van der Waals surface area contributed by atoms with Gasteiger partial charge in [-0.05, 0) is 42.5 Å². The van der Waals surface area contributed by atoms with Crippen molar-refractivity contribution in [1.82, 2.24) is 4.90 Å². The standard InChI is InChI=1S/C19H19F3N4O3/c20-19(21,22)29-13-5-3-12(4-6-13)25-18(23)24-7-8-26-16(27)14-10-1-2-11(9-10)15(14)17(26)28/h1-6,10-11,14-15H,7-9H2,(H3,23,24,25). The number of benzene rings is 1. The molecule has 7 nitrogen and oxygen atoms in total. The maximum atomic E-state index is 12.6. The highest BCUT2D eigenvalue weighted by molar-refractivity contribution is 6.06. The number of allylic oxidation sites excluding steroid dienone is 2. The van der Waals surface area contributed by atoms with Crippen molar-refractivity contribution in [2.24, 2.45) is 34.4 Å². The SMILES string of the molecule is NC(=NCCN1C(=O)C2C3C=CC(C3)C2C1=O)Nc1ccc(OC(F)(F)F)cc1. The predicted molar refractivity (Wildman–Crippen MR) is 97.7 cm³/mol. The van der Waals surface area contributed by atoms with Gasteiger partial charge in [0, 0.05) is 12.2 Å². The van der Waals surface area contributed by atoms with Crippen molar-refractivity contribution in [2.45, 2.75) is 12.8 Å². The summed E-state index contributed by atoms with van der Waals surface area (Å²) >= 11 is 0. The highest BCUT2D eigenvalue weighted by Gasteiger charge is 2.58. The van der Waals surface area contributed by atoms with Crippen LogP contribution in [0.5, 0.6) is 5.75 Å². The summed E-state index contributed by atoms with van der Waals surface area (Å²) in [6, 6.07) is 5.01. The van der Waals surface area contributed by atoms with Gasteiger partial charge in [-0.1, -0.05) is 12.2 Å². The topological polar surface area (TPSA) is 97.0 Å². The number of nitrogens with two attached hydrogens (primary N) is 1. The Labute approximate surface area is 164 Å². The minimum atomic E-state index is -4.76. The second-order valence-electron chi connectivity index (χ2n) is 7.29. The normalized spacial score (nSPS) is 28.2. The highest BCUT2D eigenvalue weighted by atomic mass is 19.4. The third kappa shape index (κ3) is 3.79. The minimum absolute atomic E-state index is 0.0236. The summed E-state index contributed by atoms with van der Waals surface area (Å²) in [4.78, 5) is 30.5. The molecule has 2 bridgehead atoms. The number of aliphatic imine (C=N–C) groups is 1. The van der Waals surface area contributed by atoms with Crippen molar-refractivity contribution >= 4 is 23.5 Å². The number of amides is 2. The van der Waals surface area contributed by atoms with Crippen LogP contribution in [0.1, 0.15) is 6.42 Å². The number of carbonyl (C=O) groups excluding carboxylic acids is 2. The van der Waals surface area contributed by atoms with E-state index < -0.39 is 6.36 Å². The Morgan fingerprint density at radius 3 is 2.28 bits per heavy atom. The van der Waals surface area contributed by atoms with E-state index in [9.17, 15) is 22.8 Å². The average Bonchev–Trinajstić information content (AvgIpc) is 3.31. The van der Waals surface area contributed by atoms with E-state index in [-0.39, 0.29) is 60.3 Å². The maximum Gasteiger partial charge on any atom is 0.573 e. The third-order valence-corrected chi connectivity index (χ3v) is 5.53. The van der Waals surface area contributed by atoms with Crippen molar-refractivity contribution in [3.05, 3.63) is 36.4 Å². The lowest BCUT2D eigenvalue weighted by Crippen LogP contribution is -2.35. The van der Waals surface area contributed by atoms with Crippen molar-refractivity contribution < 1.29 is 27.5 Å². The molecule has 0 radical (unpaired) electrons. The first-order valence-corrected chi connectivity index (χ1v) is 9.19. The summed E-state index contributed by atoms with van der Waals surface area (Å²) < 4.78 is 40.3. The molecule has 10 heteroatoms. The van der Waals surface area contributed by atoms with Gasteiger partial charge >= 0.3 is 6.36 Å². The molecule has 4 atom stereocenters. The summed E-state index contributed by atoms with van der Waals surface area (Å²) in [6.07, 6.45) is 0.188. The Morgan fingerprint density at radius 1 is 1.14 bits per heavy atom. The number of nitrogens with zero attached hydrogens (tertiary/aromatic N) is 2. The molecule has 1 saturated carbocycles. The van der Waals surface area contributed by atoms with E-state index in [2.05, 4.69) is 15.0 Å². The summed E-state index contributed by atoms with van der Waals surface area (Å²) in [5, 5.41) is 2.74. The van der Waals surface area contributed by atoms with Crippen LogP contribution in [-0.4, -0.2) is 42.1 Å². The van der Waals surface area contributed by atoms with Crippen LogP contribution in [0.4, 0.5) is 18.9 Å².